The standard InChI is InChI=1S/C12H23N3OS/c1-9-4-3-5-10(2)15(9)14-12(16)11-8-17-7-6-13-11/h9-11,13H,3-8H2,1-2H3,(H,14,16). The Hall–Kier alpha value is -0.260. The number of piperidine rings is 1. The lowest BCUT2D eigenvalue weighted by molar-refractivity contribution is -0.130. The molecule has 0 aromatic carbocycles. The molecule has 3 atom stereocenters. The second kappa shape index (κ2) is 6.07. The summed E-state index contributed by atoms with van der Waals surface area (Å²) in [5, 5.41) is 5.42. The first-order valence-corrected chi connectivity index (χ1v) is 7.74. The molecule has 4 nitrogen and oxygen atoms in total. The van der Waals surface area contributed by atoms with Gasteiger partial charge in [-0.2, -0.15) is 11.8 Å². The molecule has 0 bridgehead atoms. The van der Waals surface area contributed by atoms with E-state index in [-0.39, 0.29) is 11.9 Å². The van der Waals surface area contributed by atoms with Crippen molar-refractivity contribution in [3.05, 3.63) is 0 Å². The number of nitrogens with zero attached hydrogens (tertiary/aromatic N) is 1. The molecule has 0 aliphatic carbocycles. The highest BCUT2D eigenvalue weighted by Crippen LogP contribution is 2.20. The maximum atomic E-state index is 12.1. The molecule has 1 amide bonds. The van der Waals surface area contributed by atoms with Gasteiger partial charge in [0.2, 0.25) is 0 Å². The summed E-state index contributed by atoms with van der Waals surface area (Å²) in [6.45, 7) is 5.33. The van der Waals surface area contributed by atoms with E-state index in [0.717, 1.165) is 18.1 Å². The summed E-state index contributed by atoms with van der Waals surface area (Å²) < 4.78 is 0. The molecule has 0 aromatic heterocycles. The quantitative estimate of drug-likeness (QED) is 0.774. The number of hydrazine groups is 1. The molecule has 0 spiro atoms. The lowest BCUT2D eigenvalue weighted by Crippen LogP contribution is -2.59. The largest absolute Gasteiger partial charge is 0.304 e. The van der Waals surface area contributed by atoms with Gasteiger partial charge in [0.05, 0.1) is 6.04 Å². The van der Waals surface area contributed by atoms with Crippen LogP contribution in [0.5, 0.6) is 0 Å². The molecule has 0 saturated carbocycles. The lowest BCUT2D eigenvalue weighted by Gasteiger charge is -2.39. The van der Waals surface area contributed by atoms with E-state index in [0.29, 0.717) is 12.1 Å². The smallest absolute Gasteiger partial charge is 0.252 e. The third-order valence-electron chi connectivity index (χ3n) is 3.67. The van der Waals surface area contributed by atoms with E-state index >= 15 is 0 Å². The molecule has 2 fully saturated rings. The molecule has 98 valence electrons. The van der Waals surface area contributed by atoms with Gasteiger partial charge in [0.1, 0.15) is 0 Å². The van der Waals surface area contributed by atoms with Crippen molar-refractivity contribution >= 4 is 17.7 Å². The second-order valence-electron chi connectivity index (χ2n) is 5.09. The lowest BCUT2D eigenvalue weighted by atomic mass is 10.00. The summed E-state index contributed by atoms with van der Waals surface area (Å²) in [5.41, 5.74) is 3.11. The van der Waals surface area contributed by atoms with E-state index in [1.807, 2.05) is 11.8 Å². The van der Waals surface area contributed by atoms with Crippen molar-refractivity contribution in [1.82, 2.24) is 15.8 Å². The molecule has 2 aliphatic heterocycles. The van der Waals surface area contributed by atoms with Gasteiger partial charge in [0.15, 0.2) is 0 Å². The van der Waals surface area contributed by atoms with Crippen LogP contribution in [-0.2, 0) is 4.79 Å². The molecule has 2 heterocycles. The Kier molecular flexibility index (Phi) is 4.70. The molecule has 5 heteroatoms. The zero-order chi connectivity index (χ0) is 12.3. The van der Waals surface area contributed by atoms with Crippen LogP contribution in [0.3, 0.4) is 0 Å². The summed E-state index contributed by atoms with van der Waals surface area (Å²) >= 11 is 1.85. The third-order valence-corrected chi connectivity index (χ3v) is 4.73. The van der Waals surface area contributed by atoms with Crippen LogP contribution in [0.15, 0.2) is 0 Å². The zero-order valence-electron chi connectivity index (χ0n) is 10.7. The highest BCUT2D eigenvalue weighted by molar-refractivity contribution is 7.99. The van der Waals surface area contributed by atoms with E-state index in [1.165, 1.54) is 19.3 Å². The molecule has 2 aliphatic rings. The molecular formula is C12H23N3OS. The highest BCUT2D eigenvalue weighted by atomic mass is 32.2. The Labute approximate surface area is 108 Å². The SMILES string of the molecule is CC1CCCC(C)N1NC(=O)C1CSCCN1. The van der Waals surface area contributed by atoms with Gasteiger partial charge in [-0.25, -0.2) is 5.01 Å². The minimum Gasteiger partial charge on any atom is -0.304 e. The summed E-state index contributed by atoms with van der Waals surface area (Å²) in [4.78, 5) is 12.1. The molecule has 2 saturated heterocycles. The fourth-order valence-corrected chi connectivity index (χ4v) is 3.51. The summed E-state index contributed by atoms with van der Waals surface area (Å²) in [5.74, 6) is 2.14. The van der Waals surface area contributed by atoms with E-state index in [1.54, 1.807) is 0 Å². The fraction of sp³-hybridized carbons (Fsp3) is 0.917. The molecule has 2 rings (SSSR count). The van der Waals surface area contributed by atoms with Crippen molar-refractivity contribution in [3.8, 4) is 0 Å². The van der Waals surface area contributed by atoms with Gasteiger partial charge in [-0.1, -0.05) is 6.42 Å². The molecule has 0 aromatic rings. The second-order valence-corrected chi connectivity index (χ2v) is 6.24. The van der Waals surface area contributed by atoms with Crippen LogP contribution in [0.4, 0.5) is 0 Å². The van der Waals surface area contributed by atoms with Gasteiger partial charge in [0.25, 0.3) is 5.91 Å². The predicted octanol–water partition coefficient (Wildman–Crippen LogP) is 0.985. The van der Waals surface area contributed by atoms with Crippen LogP contribution >= 0.6 is 11.8 Å². The fourth-order valence-electron chi connectivity index (χ4n) is 2.58. The van der Waals surface area contributed by atoms with Crippen molar-refractivity contribution in [2.24, 2.45) is 0 Å². The number of carbonyl (C=O) groups is 1. The van der Waals surface area contributed by atoms with Gasteiger partial charge in [-0.05, 0) is 26.7 Å². The predicted molar refractivity (Wildman–Crippen MR) is 71.9 cm³/mol. The number of hydrogen-bond acceptors (Lipinski definition) is 4. The van der Waals surface area contributed by atoms with Gasteiger partial charge in [0, 0.05) is 30.1 Å². The average molecular weight is 257 g/mol. The first kappa shape index (κ1) is 13.2. The number of amides is 1. The van der Waals surface area contributed by atoms with Crippen molar-refractivity contribution in [1.29, 1.82) is 0 Å². The Bertz CT molecular complexity index is 258. The van der Waals surface area contributed by atoms with E-state index in [2.05, 4.69) is 29.6 Å². The van der Waals surface area contributed by atoms with Crippen LogP contribution in [0.2, 0.25) is 0 Å². The minimum atomic E-state index is -0.0184. The Balaban J connectivity index is 1.87. The molecule has 2 N–H and O–H groups in total. The van der Waals surface area contributed by atoms with Crippen LogP contribution < -0.4 is 10.7 Å². The first-order valence-electron chi connectivity index (χ1n) is 6.58. The van der Waals surface area contributed by atoms with E-state index in [9.17, 15) is 4.79 Å². The minimum absolute atomic E-state index is 0.0184. The number of thioether (sulfide) groups is 1. The number of hydrogen-bond donors (Lipinski definition) is 2. The van der Waals surface area contributed by atoms with Crippen molar-refractivity contribution < 1.29 is 4.79 Å². The Morgan fingerprint density at radius 1 is 1.35 bits per heavy atom. The van der Waals surface area contributed by atoms with Crippen molar-refractivity contribution in [2.75, 3.05) is 18.1 Å². The number of rotatable bonds is 2. The van der Waals surface area contributed by atoms with Crippen LogP contribution in [0, 0.1) is 0 Å². The molecular weight excluding hydrogens is 234 g/mol. The van der Waals surface area contributed by atoms with Crippen LogP contribution in [0.25, 0.3) is 0 Å². The summed E-state index contributed by atoms with van der Waals surface area (Å²) in [6.07, 6.45) is 3.63. The van der Waals surface area contributed by atoms with Crippen molar-refractivity contribution in [3.63, 3.8) is 0 Å². The molecule has 17 heavy (non-hydrogen) atoms. The van der Waals surface area contributed by atoms with Gasteiger partial charge in [-0.15, -0.1) is 0 Å². The van der Waals surface area contributed by atoms with E-state index < -0.39 is 0 Å². The van der Waals surface area contributed by atoms with E-state index in [4.69, 9.17) is 0 Å². The molecule has 0 radical (unpaired) electrons. The maximum Gasteiger partial charge on any atom is 0.252 e. The highest BCUT2D eigenvalue weighted by Gasteiger charge is 2.29. The molecule has 3 unspecified atom stereocenters. The average Bonchev–Trinajstić information content (AvgIpc) is 2.35. The number of carbonyl (C=O) groups excluding carboxylic acids is 1. The van der Waals surface area contributed by atoms with Gasteiger partial charge in [-0.3, -0.25) is 10.2 Å². The van der Waals surface area contributed by atoms with Gasteiger partial charge >= 0.3 is 0 Å². The monoisotopic (exact) mass is 257 g/mol. The summed E-state index contributed by atoms with van der Waals surface area (Å²) in [7, 11) is 0. The normalized spacial score (nSPS) is 35.5. The van der Waals surface area contributed by atoms with Crippen LogP contribution in [0.1, 0.15) is 33.1 Å². The zero-order valence-corrected chi connectivity index (χ0v) is 11.6. The van der Waals surface area contributed by atoms with Crippen molar-refractivity contribution in [2.45, 2.75) is 51.2 Å². The first-order chi connectivity index (χ1) is 8.18. The third kappa shape index (κ3) is 3.36. The van der Waals surface area contributed by atoms with Crippen LogP contribution in [-0.4, -0.2) is 47.1 Å². The topological polar surface area (TPSA) is 44.4 Å². The Morgan fingerprint density at radius 2 is 2.06 bits per heavy atom. The number of nitrogens with one attached hydrogen (secondary N) is 2. The Morgan fingerprint density at radius 3 is 2.65 bits per heavy atom. The van der Waals surface area contributed by atoms with Gasteiger partial charge < -0.3 is 5.32 Å². The summed E-state index contributed by atoms with van der Waals surface area (Å²) in [6, 6.07) is 0.896. The maximum absolute atomic E-state index is 12.1.